The smallest absolute Gasteiger partial charge is 0.0125 e. The zero-order valence-corrected chi connectivity index (χ0v) is 12.2. The molecule has 0 aromatic carbocycles. The standard InChI is InChI=1S/C16H31N/c1-15(2,3)17-13-9-12-16(14-17)10-7-5-4-6-8-11-16/h4-14H2,1-3H3. The highest BCUT2D eigenvalue weighted by Gasteiger charge is 2.38. The first-order chi connectivity index (χ1) is 8.02. The van der Waals surface area contributed by atoms with Crippen LogP contribution >= 0.6 is 0 Å². The molecule has 0 N–H and O–H groups in total. The molecule has 1 nitrogen and oxygen atoms in total. The van der Waals surface area contributed by atoms with Gasteiger partial charge in [0.05, 0.1) is 0 Å². The lowest BCUT2D eigenvalue weighted by molar-refractivity contribution is 0.0102. The summed E-state index contributed by atoms with van der Waals surface area (Å²) in [6.07, 6.45) is 13.3. The van der Waals surface area contributed by atoms with E-state index in [4.69, 9.17) is 0 Å². The zero-order chi connectivity index (χ0) is 12.4. The van der Waals surface area contributed by atoms with Gasteiger partial charge in [-0.3, -0.25) is 4.90 Å². The average Bonchev–Trinajstić information content (AvgIpc) is 2.24. The molecule has 1 aliphatic carbocycles. The molecule has 1 spiro atoms. The summed E-state index contributed by atoms with van der Waals surface area (Å²) in [5, 5.41) is 0. The van der Waals surface area contributed by atoms with Crippen molar-refractivity contribution in [3.8, 4) is 0 Å². The number of likely N-dealkylation sites (tertiary alicyclic amines) is 1. The molecule has 1 heterocycles. The van der Waals surface area contributed by atoms with Gasteiger partial charge in [-0.15, -0.1) is 0 Å². The van der Waals surface area contributed by atoms with Crippen molar-refractivity contribution in [2.45, 2.75) is 84.1 Å². The van der Waals surface area contributed by atoms with Crippen LogP contribution in [-0.2, 0) is 0 Å². The molecule has 2 fully saturated rings. The van der Waals surface area contributed by atoms with Crippen molar-refractivity contribution in [1.29, 1.82) is 0 Å². The quantitative estimate of drug-likeness (QED) is 0.594. The monoisotopic (exact) mass is 237 g/mol. The summed E-state index contributed by atoms with van der Waals surface area (Å²) >= 11 is 0. The molecule has 1 heteroatoms. The third-order valence-corrected chi connectivity index (χ3v) is 5.02. The fourth-order valence-corrected chi connectivity index (χ4v) is 3.84. The van der Waals surface area contributed by atoms with Crippen LogP contribution in [0.1, 0.15) is 78.6 Å². The van der Waals surface area contributed by atoms with E-state index in [1.807, 2.05) is 0 Å². The Balaban J connectivity index is 2.02. The van der Waals surface area contributed by atoms with Crippen LogP contribution in [0.3, 0.4) is 0 Å². The van der Waals surface area contributed by atoms with Gasteiger partial charge in [0, 0.05) is 12.1 Å². The minimum Gasteiger partial charge on any atom is -0.298 e. The largest absolute Gasteiger partial charge is 0.298 e. The summed E-state index contributed by atoms with van der Waals surface area (Å²) in [6.45, 7) is 9.85. The lowest BCUT2D eigenvalue weighted by Crippen LogP contribution is -2.51. The van der Waals surface area contributed by atoms with E-state index in [1.165, 1.54) is 70.9 Å². The Morgan fingerprint density at radius 2 is 1.29 bits per heavy atom. The van der Waals surface area contributed by atoms with Crippen LogP contribution in [0.2, 0.25) is 0 Å². The molecule has 0 bridgehead atoms. The summed E-state index contributed by atoms with van der Waals surface area (Å²) in [5.74, 6) is 0. The number of hydrogen-bond donors (Lipinski definition) is 0. The van der Waals surface area contributed by atoms with Crippen molar-refractivity contribution in [2.75, 3.05) is 13.1 Å². The van der Waals surface area contributed by atoms with Gasteiger partial charge < -0.3 is 0 Å². The molecule has 0 amide bonds. The Morgan fingerprint density at radius 1 is 0.765 bits per heavy atom. The molecule has 0 aromatic heterocycles. The lowest BCUT2D eigenvalue weighted by atomic mass is 9.70. The first kappa shape index (κ1) is 13.4. The first-order valence-corrected chi connectivity index (χ1v) is 7.77. The van der Waals surface area contributed by atoms with Gasteiger partial charge >= 0.3 is 0 Å². The maximum atomic E-state index is 2.75. The Bertz CT molecular complexity index is 230. The van der Waals surface area contributed by atoms with E-state index in [2.05, 4.69) is 25.7 Å². The van der Waals surface area contributed by atoms with Gasteiger partial charge in [-0.2, -0.15) is 0 Å². The molecule has 1 saturated carbocycles. The highest BCUT2D eigenvalue weighted by Crippen LogP contribution is 2.42. The molecule has 0 atom stereocenters. The summed E-state index contributed by atoms with van der Waals surface area (Å²) in [5.41, 5.74) is 1.06. The number of piperidine rings is 1. The second kappa shape index (κ2) is 5.30. The zero-order valence-electron chi connectivity index (χ0n) is 12.2. The van der Waals surface area contributed by atoms with E-state index in [0.717, 1.165) is 0 Å². The van der Waals surface area contributed by atoms with Crippen LogP contribution in [-0.4, -0.2) is 23.5 Å². The van der Waals surface area contributed by atoms with Crippen LogP contribution in [0.15, 0.2) is 0 Å². The van der Waals surface area contributed by atoms with Crippen LogP contribution in [0.4, 0.5) is 0 Å². The minimum atomic E-state index is 0.371. The van der Waals surface area contributed by atoms with Gasteiger partial charge in [0.2, 0.25) is 0 Å². The lowest BCUT2D eigenvalue weighted by Gasteiger charge is -2.49. The number of nitrogens with zero attached hydrogens (tertiary/aromatic N) is 1. The molecule has 0 unspecified atom stereocenters. The molecule has 1 aliphatic heterocycles. The van der Waals surface area contributed by atoms with E-state index < -0.39 is 0 Å². The summed E-state index contributed by atoms with van der Waals surface area (Å²) in [7, 11) is 0. The second-order valence-electron chi connectivity index (χ2n) is 7.46. The van der Waals surface area contributed by atoms with E-state index in [0.29, 0.717) is 11.0 Å². The van der Waals surface area contributed by atoms with Crippen molar-refractivity contribution in [2.24, 2.45) is 5.41 Å². The highest BCUT2D eigenvalue weighted by atomic mass is 15.2. The third kappa shape index (κ3) is 3.47. The molecular weight excluding hydrogens is 206 g/mol. The first-order valence-electron chi connectivity index (χ1n) is 7.77. The SMILES string of the molecule is CC(C)(C)N1CCCC2(CCCCCCC2)C1. The van der Waals surface area contributed by atoms with Crippen molar-refractivity contribution in [3.63, 3.8) is 0 Å². The van der Waals surface area contributed by atoms with E-state index >= 15 is 0 Å². The third-order valence-electron chi connectivity index (χ3n) is 5.02. The molecule has 2 rings (SSSR count). The van der Waals surface area contributed by atoms with Gasteiger partial charge in [-0.25, -0.2) is 0 Å². The summed E-state index contributed by atoms with van der Waals surface area (Å²) < 4.78 is 0. The van der Waals surface area contributed by atoms with E-state index in [-0.39, 0.29) is 0 Å². The summed E-state index contributed by atoms with van der Waals surface area (Å²) in [6, 6.07) is 0. The molecule has 2 aliphatic rings. The van der Waals surface area contributed by atoms with E-state index in [1.54, 1.807) is 0 Å². The van der Waals surface area contributed by atoms with Crippen LogP contribution in [0.5, 0.6) is 0 Å². The molecule has 100 valence electrons. The second-order valence-corrected chi connectivity index (χ2v) is 7.46. The number of rotatable bonds is 0. The molecule has 0 radical (unpaired) electrons. The summed E-state index contributed by atoms with van der Waals surface area (Å²) in [4.78, 5) is 2.75. The van der Waals surface area contributed by atoms with E-state index in [9.17, 15) is 0 Å². The van der Waals surface area contributed by atoms with Crippen molar-refractivity contribution >= 4 is 0 Å². The maximum absolute atomic E-state index is 2.75. The Labute approximate surface area is 108 Å². The Kier molecular flexibility index (Phi) is 4.18. The van der Waals surface area contributed by atoms with Crippen LogP contribution in [0.25, 0.3) is 0 Å². The Hall–Kier alpha value is -0.0400. The predicted octanol–water partition coefficient (Wildman–Crippen LogP) is 4.61. The molecule has 1 saturated heterocycles. The average molecular weight is 237 g/mol. The molecule has 17 heavy (non-hydrogen) atoms. The van der Waals surface area contributed by atoms with Gasteiger partial charge in [-0.1, -0.05) is 32.1 Å². The fraction of sp³-hybridized carbons (Fsp3) is 1.00. The van der Waals surface area contributed by atoms with Gasteiger partial charge in [0.25, 0.3) is 0 Å². The van der Waals surface area contributed by atoms with Gasteiger partial charge in [0.15, 0.2) is 0 Å². The minimum absolute atomic E-state index is 0.371. The van der Waals surface area contributed by atoms with Crippen molar-refractivity contribution in [3.05, 3.63) is 0 Å². The van der Waals surface area contributed by atoms with Crippen molar-refractivity contribution in [1.82, 2.24) is 4.90 Å². The predicted molar refractivity (Wildman–Crippen MR) is 75.3 cm³/mol. The Morgan fingerprint density at radius 3 is 1.88 bits per heavy atom. The topological polar surface area (TPSA) is 3.24 Å². The highest BCUT2D eigenvalue weighted by molar-refractivity contribution is 4.91. The normalized spacial score (nSPS) is 27.7. The van der Waals surface area contributed by atoms with Crippen LogP contribution in [0, 0.1) is 5.41 Å². The fourth-order valence-electron chi connectivity index (χ4n) is 3.84. The van der Waals surface area contributed by atoms with Gasteiger partial charge in [0.1, 0.15) is 0 Å². The maximum Gasteiger partial charge on any atom is 0.0125 e. The number of hydrogen-bond acceptors (Lipinski definition) is 1. The van der Waals surface area contributed by atoms with Crippen LogP contribution < -0.4 is 0 Å². The molecular formula is C16H31N. The van der Waals surface area contributed by atoms with Crippen molar-refractivity contribution < 1.29 is 0 Å². The molecule has 0 aromatic rings. The van der Waals surface area contributed by atoms with Gasteiger partial charge in [-0.05, 0) is 58.4 Å².